The summed E-state index contributed by atoms with van der Waals surface area (Å²) in [5.41, 5.74) is 0. The molecule has 1 saturated carbocycles. The van der Waals surface area contributed by atoms with Crippen LogP contribution in [-0.4, -0.2) is 11.7 Å². The van der Waals surface area contributed by atoms with Gasteiger partial charge < -0.3 is 4.42 Å². The van der Waals surface area contributed by atoms with Gasteiger partial charge in [0.15, 0.2) is 5.76 Å². The summed E-state index contributed by atoms with van der Waals surface area (Å²) in [6.07, 6.45) is 0.631. The minimum atomic E-state index is -2.67. The summed E-state index contributed by atoms with van der Waals surface area (Å²) in [6, 6.07) is 1.57. The fourth-order valence-electron chi connectivity index (χ4n) is 1.50. The lowest BCUT2D eigenvalue weighted by Gasteiger charge is -2.33. The number of alkyl halides is 2. The van der Waals surface area contributed by atoms with Crippen LogP contribution in [-0.2, 0) is 0 Å². The SMILES string of the molecule is O=C(c1occc1Br)C1CC(F)(F)C1. The van der Waals surface area contributed by atoms with Crippen LogP contribution in [0.4, 0.5) is 8.78 Å². The van der Waals surface area contributed by atoms with Crippen molar-refractivity contribution in [3.05, 3.63) is 22.6 Å². The van der Waals surface area contributed by atoms with Crippen LogP contribution in [0.3, 0.4) is 0 Å². The van der Waals surface area contributed by atoms with Crippen LogP contribution in [0.1, 0.15) is 23.4 Å². The second kappa shape index (κ2) is 3.15. The zero-order valence-electron chi connectivity index (χ0n) is 7.10. The Balaban J connectivity index is 2.08. The molecule has 1 heterocycles. The van der Waals surface area contributed by atoms with Crippen molar-refractivity contribution in [1.29, 1.82) is 0 Å². The summed E-state index contributed by atoms with van der Waals surface area (Å²) in [5.74, 6) is -3.45. The highest BCUT2D eigenvalue weighted by Gasteiger charge is 2.49. The molecule has 0 aliphatic heterocycles. The van der Waals surface area contributed by atoms with Crippen molar-refractivity contribution in [2.75, 3.05) is 0 Å². The number of rotatable bonds is 2. The molecule has 1 aromatic rings. The first-order valence-electron chi connectivity index (χ1n) is 4.15. The third-order valence-corrected chi connectivity index (χ3v) is 2.93. The minimum Gasteiger partial charge on any atom is -0.460 e. The number of ketones is 1. The number of furan rings is 1. The fraction of sp³-hybridized carbons (Fsp3) is 0.444. The molecule has 0 spiro atoms. The summed E-state index contributed by atoms with van der Waals surface area (Å²) >= 11 is 3.11. The molecular formula is C9H7BrF2O2. The lowest BCUT2D eigenvalue weighted by molar-refractivity contribution is -0.0986. The molecule has 76 valence electrons. The van der Waals surface area contributed by atoms with E-state index in [4.69, 9.17) is 4.42 Å². The van der Waals surface area contributed by atoms with E-state index in [1.807, 2.05) is 0 Å². The number of carbonyl (C=O) groups excluding carboxylic acids is 1. The maximum atomic E-state index is 12.5. The highest BCUT2D eigenvalue weighted by molar-refractivity contribution is 9.10. The molecule has 0 aromatic carbocycles. The Labute approximate surface area is 87.4 Å². The highest BCUT2D eigenvalue weighted by Crippen LogP contribution is 2.44. The standard InChI is InChI=1S/C9H7BrF2O2/c10-6-1-2-14-8(6)7(13)5-3-9(11,12)4-5/h1-2,5H,3-4H2. The summed E-state index contributed by atoms with van der Waals surface area (Å²) in [6.45, 7) is 0. The van der Waals surface area contributed by atoms with Crippen LogP contribution in [0.5, 0.6) is 0 Å². The van der Waals surface area contributed by atoms with E-state index in [1.54, 1.807) is 6.07 Å². The molecule has 0 N–H and O–H groups in total. The van der Waals surface area contributed by atoms with Crippen LogP contribution in [0.15, 0.2) is 21.2 Å². The molecule has 1 aromatic heterocycles. The fourth-order valence-corrected chi connectivity index (χ4v) is 1.90. The van der Waals surface area contributed by atoms with Gasteiger partial charge in [0.25, 0.3) is 0 Å². The maximum absolute atomic E-state index is 12.5. The Morgan fingerprint density at radius 3 is 2.64 bits per heavy atom. The Morgan fingerprint density at radius 1 is 1.57 bits per heavy atom. The van der Waals surface area contributed by atoms with Crippen molar-refractivity contribution in [2.45, 2.75) is 18.8 Å². The summed E-state index contributed by atoms with van der Waals surface area (Å²) in [4.78, 5) is 11.5. The largest absolute Gasteiger partial charge is 0.460 e. The first-order chi connectivity index (χ1) is 6.49. The first kappa shape index (κ1) is 9.83. The zero-order valence-corrected chi connectivity index (χ0v) is 8.68. The molecule has 14 heavy (non-hydrogen) atoms. The predicted octanol–water partition coefficient (Wildman–Crippen LogP) is 3.27. The van der Waals surface area contributed by atoms with Gasteiger partial charge in [0.2, 0.25) is 11.7 Å². The van der Waals surface area contributed by atoms with Gasteiger partial charge in [-0.15, -0.1) is 0 Å². The average Bonchev–Trinajstić information content (AvgIpc) is 2.45. The Kier molecular flexibility index (Phi) is 2.21. The number of Topliss-reactive ketones (excluding diaryl/α,β-unsaturated/α-hetero) is 1. The van der Waals surface area contributed by atoms with Gasteiger partial charge in [-0.25, -0.2) is 8.78 Å². The van der Waals surface area contributed by atoms with Gasteiger partial charge in [-0.05, 0) is 22.0 Å². The Morgan fingerprint density at radius 2 is 2.21 bits per heavy atom. The van der Waals surface area contributed by atoms with E-state index in [2.05, 4.69) is 15.9 Å². The molecule has 1 aliphatic rings. The summed E-state index contributed by atoms with van der Waals surface area (Å²) < 4.78 is 30.4. The van der Waals surface area contributed by atoms with E-state index in [1.165, 1.54) is 6.26 Å². The van der Waals surface area contributed by atoms with Crippen molar-refractivity contribution in [3.63, 3.8) is 0 Å². The van der Waals surface area contributed by atoms with E-state index in [9.17, 15) is 13.6 Å². The molecule has 1 fully saturated rings. The molecular weight excluding hydrogens is 258 g/mol. The predicted molar refractivity (Wildman–Crippen MR) is 48.4 cm³/mol. The van der Waals surface area contributed by atoms with E-state index >= 15 is 0 Å². The molecule has 0 atom stereocenters. The quantitative estimate of drug-likeness (QED) is 0.768. The molecule has 1 aliphatic carbocycles. The van der Waals surface area contributed by atoms with Gasteiger partial charge in [0.1, 0.15) is 0 Å². The van der Waals surface area contributed by atoms with Gasteiger partial charge in [-0.1, -0.05) is 0 Å². The van der Waals surface area contributed by atoms with E-state index in [0.717, 1.165) is 0 Å². The van der Waals surface area contributed by atoms with Gasteiger partial charge in [0.05, 0.1) is 10.7 Å². The second-order valence-electron chi connectivity index (χ2n) is 3.42. The minimum absolute atomic E-state index is 0.144. The van der Waals surface area contributed by atoms with E-state index < -0.39 is 11.8 Å². The maximum Gasteiger partial charge on any atom is 0.249 e. The molecule has 5 heteroatoms. The number of hydrogen-bond acceptors (Lipinski definition) is 2. The summed E-state index contributed by atoms with van der Waals surface area (Å²) in [7, 11) is 0. The van der Waals surface area contributed by atoms with Crippen LogP contribution in [0.25, 0.3) is 0 Å². The van der Waals surface area contributed by atoms with Crippen LogP contribution in [0, 0.1) is 5.92 Å². The summed E-state index contributed by atoms with van der Waals surface area (Å²) in [5, 5.41) is 0. The van der Waals surface area contributed by atoms with Crippen molar-refractivity contribution in [3.8, 4) is 0 Å². The molecule has 0 saturated heterocycles. The topological polar surface area (TPSA) is 30.2 Å². The lowest BCUT2D eigenvalue weighted by Crippen LogP contribution is -2.39. The van der Waals surface area contributed by atoms with Crippen molar-refractivity contribution in [2.24, 2.45) is 5.92 Å². The molecule has 0 bridgehead atoms. The van der Waals surface area contributed by atoms with Gasteiger partial charge >= 0.3 is 0 Å². The number of halogens is 3. The van der Waals surface area contributed by atoms with Crippen molar-refractivity contribution >= 4 is 21.7 Å². The molecule has 0 amide bonds. The smallest absolute Gasteiger partial charge is 0.249 e. The van der Waals surface area contributed by atoms with Crippen molar-refractivity contribution in [1.82, 2.24) is 0 Å². The Bertz CT molecular complexity index is 365. The molecule has 2 nitrogen and oxygen atoms in total. The molecule has 2 rings (SSSR count). The normalized spacial score (nSPS) is 20.5. The first-order valence-corrected chi connectivity index (χ1v) is 4.94. The number of hydrogen-bond donors (Lipinski definition) is 0. The van der Waals surface area contributed by atoms with Gasteiger partial charge in [-0.3, -0.25) is 4.79 Å². The second-order valence-corrected chi connectivity index (χ2v) is 4.28. The molecule has 0 unspecified atom stereocenters. The van der Waals surface area contributed by atoms with Crippen LogP contribution >= 0.6 is 15.9 Å². The van der Waals surface area contributed by atoms with Crippen LogP contribution < -0.4 is 0 Å². The van der Waals surface area contributed by atoms with Crippen LogP contribution in [0.2, 0.25) is 0 Å². The third kappa shape index (κ3) is 1.61. The van der Waals surface area contributed by atoms with Gasteiger partial charge in [-0.2, -0.15) is 0 Å². The highest BCUT2D eigenvalue weighted by atomic mass is 79.9. The molecule has 0 radical (unpaired) electrons. The monoisotopic (exact) mass is 264 g/mol. The van der Waals surface area contributed by atoms with Crippen molar-refractivity contribution < 1.29 is 18.0 Å². The average molecular weight is 265 g/mol. The number of carbonyl (C=O) groups is 1. The van der Waals surface area contributed by atoms with Gasteiger partial charge in [0, 0.05) is 18.8 Å². The lowest BCUT2D eigenvalue weighted by atomic mass is 9.78. The third-order valence-electron chi connectivity index (χ3n) is 2.30. The van der Waals surface area contributed by atoms with E-state index in [-0.39, 0.29) is 24.4 Å². The zero-order chi connectivity index (χ0) is 10.3. The Hall–Kier alpha value is -0.710. The van der Waals surface area contributed by atoms with E-state index in [0.29, 0.717) is 4.47 Å².